The molecule has 0 bridgehead atoms. The molecule has 1 atom stereocenters. The highest BCUT2D eigenvalue weighted by molar-refractivity contribution is 9.10. The minimum absolute atomic E-state index is 0.0653. The van der Waals surface area contributed by atoms with Crippen LogP contribution >= 0.6 is 50.6 Å². The molecule has 3 aromatic rings. The Morgan fingerprint density at radius 3 is 2.87 bits per heavy atom. The van der Waals surface area contributed by atoms with Gasteiger partial charge in [-0.2, -0.15) is 5.26 Å². The molecule has 2 aromatic carbocycles. The Kier molecular flexibility index (Phi) is 8.04. The molecule has 13 heteroatoms. The molecule has 2 heterocycles. The number of carbonyl (C=O) groups excluding carboxylic acids is 2. The third-order valence-corrected chi connectivity index (χ3v) is 8.98. The first kappa shape index (κ1) is 27.3. The summed E-state index contributed by atoms with van der Waals surface area (Å²) in [7, 11) is 0. The van der Waals surface area contributed by atoms with Crippen molar-refractivity contribution in [1.29, 1.82) is 5.26 Å². The quantitative estimate of drug-likeness (QED) is 0.307. The van der Waals surface area contributed by atoms with Gasteiger partial charge in [0.2, 0.25) is 11.0 Å². The fraction of sp³-hybridized carbons (Fsp3) is 0.192. The van der Waals surface area contributed by atoms with E-state index in [-0.39, 0.29) is 34.4 Å². The summed E-state index contributed by atoms with van der Waals surface area (Å²) in [6.45, 7) is 0. The minimum atomic E-state index is -0.917. The zero-order valence-electron chi connectivity index (χ0n) is 20.1. The molecule has 2 aliphatic rings. The highest BCUT2D eigenvalue weighted by atomic mass is 79.9. The van der Waals surface area contributed by atoms with Crippen LogP contribution in [0.5, 0.6) is 0 Å². The van der Waals surface area contributed by atoms with Crippen LogP contribution in [0.2, 0.25) is 5.02 Å². The van der Waals surface area contributed by atoms with Crippen LogP contribution < -0.4 is 16.0 Å². The van der Waals surface area contributed by atoms with Gasteiger partial charge in [0.15, 0.2) is 10.1 Å². The summed E-state index contributed by atoms with van der Waals surface area (Å²) in [5.74, 6) is -1.72. The Balaban J connectivity index is 1.44. The number of hydrogen-bond donors (Lipinski definition) is 2. The molecule has 1 unspecified atom stereocenters. The molecular formula is C26H19BrClFN6O2S2. The summed E-state index contributed by atoms with van der Waals surface area (Å²) < 4.78 is 16.1. The van der Waals surface area contributed by atoms with E-state index in [0.29, 0.717) is 55.2 Å². The lowest BCUT2D eigenvalue weighted by molar-refractivity contribution is -0.116. The van der Waals surface area contributed by atoms with E-state index >= 15 is 4.39 Å². The van der Waals surface area contributed by atoms with Crippen molar-refractivity contribution < 1.29 is 14.0 Å². The van der Waals surface area contributed by atoms with E-state index in [9.17, 15) is 14.9 Å². The van der Waals surface area contributed by atoms with Crippen molar-refractivity contribution in [2.45, 2.75) is 29.5 Å². The number of benzene rings is 2. The van der Waals surface area contributed by atoms with Gasteiger partial charge in [-0.3, -0.25) is 14.5 Å². The van der Waals surface area contributed by atoms with E-state index in [1.165, 1.54) is 29.2 Å². The zero-order valence-corrected chi connectivity index (χ0v) is 24.1. The number of Topliss-reactive ketones (excluding diaryl/α,β-unsaturated/α-hetero) is 1. The van der Waals surface area contributed by atoms with E-state index in [2.05, 4.69) is 37.5 Å². The zero-order chi connectivity index (χ0) is 27.7. The maximum Gasteiger partial charge on any atom is 0.234 e. The van der Waals surface area contributed by atoms with Gasteiger partial charge in [-0.05, 0) is 43.2 Å². The van der Waals surface area contributed by atoms with Crippen LogP contribution in [0.3, 0.4) is 0 Å². The first-order valence-electron chi connectivity index (χ1n) is 11.7. The van der Waals surface area contributed by atoms with Crippen LogP contribution in [0.1, 0.15) is 30.7 Å². The summed E-state index contributed by atoms with van der Waals surface area (Å²) in [6.07, 6.45) is 1.38. The fourth-order valence-electron chi connectivity index (χ4n) is 4.59. The normalized spacial score (nSPS) is 17.2. The molecule has 1 aliphatic carbocycles. The predicted octanol–water partition coefficient (Wildman–Crippen LogP) is 6.13. The van der Waals surface area contributed by atoms with Gasteiger partial charge in [-0.25, -0.2) is 4.39 Å². The number of nitrogens with zero attached hydrogens (tertiary/aromatic N) is 4. The molecule has 3 N–H and O–H groups in total. The van der Waals surface area contributed by atoms with Gasteiger partial charge in [0.1, 0.15) is 11.6 Å². The van der Waals surface area contributed by atoms with Gasteiger partial charge in [0, 0.05) is 38.4 Å². The molecule has 39 heavy (non-hydrogen) atoms. The molecule has 0 saturated heterocycles. The lowest BCUT2D eigenvalue weighted by atomic mass is 9.75. The number of halogens is 3. The van der Waals surface area contributed by atoms with Crippen LogP contribution in [0.4, 0.5) is 15.2 Å². The average molecular weight is 646 g/mol. The molecule has 0 radical (unpaired) electrons. The molecule has 1 amide bonds. The second-order valence-corrected chi connectivity index (χ2v) is 12.2. The standard InChI is InChI=1S/C26H19BrClFN6O2S2/c27-13-7-8-16(18(29)9-13)22-17(11-30)24(31)35(19-5-2-6-20(36)23(19)22)25-33-34-26(39-25)38-12-21(37)32-15-4-1-3-14(28)10-15/h1,3-4,7-10,22H,2,5-6,12,31H2,(H,32,37). The second kappa shape index (κ2) is 11.5. The van der Waals surface area contributed by atoms with Crippen LogP contribution in [-0.4, -0.2) is 27.6 Å². The third-order valence-electron chi connectivity index (χ3n) is 6.21. The number of ketones is 1. The summed E-state index contributed by atoms with van der Waals surface area (Å²) in [5, 5.41) is 22.2. The summed E-state index contributed by atoms with van der Waals surface area (Å²) in [4.78, 5) is 27.2. The Hall–Kier alpha value is -3.24. The van der Waals surface area contributed by atoms with Crippen LogP contribution in [-0.2, 0) is 9.59 Å². The number of hydrogen-bond acceptors (Lipinski definition) is 9. The lowest BCUT2D eigenvalue weighted by Gasteiger charge is -2.38. The van der Waals surface area contributed by atoms with E-state index < -0.39 is 11.7 Å². The van der Waals surface area contributed by atoms with Crippen molar-refractivity contribution in [3.8, 4) is 6.07 Å². The van der Waals surface area contributed by atoms with Gasteiger partial charge in [0.05, 0.1) is 23.3 Å². The molecule has 1 aromatic heterocycles. The second-order valence-electron chi connectivity index (χ2n) is 8.68. The minimum Gasteiger partial charge on any atom is -0.384 e. The fourth-order valence-corrected chi connectivity index (χ4v) is 6.80. The highest BCUT2D eigenvalue weighted by Gasteiger charge is 2.42. The maximum atomic E-state index is 15.1. The monoisotopic (exact) mass is 644 g/mol. The van der Waals surface area contributed by atoms with E-state index in [1.54, 1.807) is 41.3 Å². The van der Waals surface area contributed by atoms with Crippen LogP contribution in [0.15, 0.2) is 73.9 Å². The number of amides is 1. The van der Waals surface area contributed by atoms with E-state index in [0.717, 1.165) is 0 Å². The summed E-state index contributed by atoms with van der Waals surface area (Å²) in [6, 6.07) is 13.5. The van der Waals surface area contributed by atoms with Gasteiger partial charge in [-0.15, -0.1) is 10.2 Å². The molecule has 8 nitrogen and oxygen atoms in total. The number of nitriles is 1. The molecule has 0 saturated carbocycles. The average Bonchev–Trinajstić information content (AvgIpc) is 3.36. The number of anilines is 2. The van der Waals surface area contributed by atoms with Gasteiger partial charge < -0.3 is 11.1 Å². The van der Waals surface area contributed by atoms with Crippen LogP contribution in [0, 0.1) is 17.1 Å². The topological polar surface area (TPSA) is 125 Å². The van der Waals surface area contributed by atoms with Gasteiger partial charge in [-0.1, -0.05) is 62.8 Å². The smallest absolute Gasteiger partial charge is 0.234 e. The Morgan fingerprint density at radius 1 is 1.31 bits per heavy atom. The van der Waals surface area contributed by atoms with Gasteiger partial charge in [0.25, 0.3) is 0 Å². The van der Waals surface area contributed by atoms with E-state index in [4.69, 9.17) is 17.3 Å². The molecule has 0 fully saturated rings. The van der Waals surface area contributed by atoms with E-state index in [1.807, 2.05) is 0 Å². The predicted molar refractivity (Wildman–Crippen MR) is 153 cm³/mol. The maximum absolute atomic E-state index is 15.1. The SMILES string of the molecule is N#CC1=C(N)N(c2nnc(SCC(=O)Nc3cccc(Cl)c3)s2)C2=C(C(=O)CCC2)C1c1ccc(Br)cc1F. The lowest BCUT2D eigenvalue weighted by Crippen LogP contribution is -2.38. The number of thioether (sulfide) groups is 1. The summed E-state index contributed by atoms with van der Waals surface area (Å²) in [5.41, 5.74) is 8.31. The van der Waals surface area contributed by atoms with Crippen molar-refractivity contribution >= 4 is 73.1 Å². The van der Waals surface area contributed by atoms with Crippen molar-refractivity contribution in [3.63, 3.8) is 0 Å². The number of aromatic nitrogens is 2. The summed E-state index contributed by atoms with van der Waals surface area (Å²) >= 11 is 11.6. The number of carbonyl (C=O) groups is 2. The Morgan fingerprint density at radius 2 is 2.13 bits per heavy atom. The number of nitrogens with two attached hydrogens (primary N) is 1. The number of allylic oxidation sites excluding steroid dienone is 3. The van der Waals surface area contributed by atoms with Crippen molar-refractivity contribution in [3.05, 3.63) is 86.0 Å². The molecule has 0 spiro atoms. The Bertz CT molecular complexity index is 1600. The highest BCUT2D eigenvalue weighted by Crippen LogP contribution is 2.47. The Labute approximate surface area is 244 Å². The van der Waals surface area contributed by atoms with Crippen molar-refractivity contribution in [1.82, 2.24) is 10.2 Å². The molecule has 198 valence electrons. The largest absolute Gasteiger partial charge is 0.384 e. The number of nitrogens with one attached hydrogen (secondary N) is 1. The first-order valence-corrected chi connectivity index (χ1v) is 14.7. The van der Waals surface area contributed by atoms with Crippen LogP contribution in [0.25, 0.3) is 0 Å². The third kappa shape index (κ3) is 5.58. The van der Waals surface area contributed by atoms with Gasteiger partial charge >= 0.3 is 0 Å². The first-order chi connectivity index (χ1) is 18.8. The molecule has 5 rings (SSSR count). The molecule has 1 aliphatic heterocycles. The number of rotatable bonds is 6. The van der Waals surface area contributed by atoms with Crippen molar-refractivity contribution in [2.24, 2.45) is 5.73 Å². The van der Waals surface area contributed by atoms with Crippen molar-refractivity contribution in [2.75, 3.05) is 16.0 Å². The molecular weight excluding hydrogens is 627 g/mol.